The summed E-state index contributed by atoms with van der Waals surface area (Å²) in [5, 5.41) is 0. The standard InChI is InChI=1S/C26H38O2/c1-23(2)17-11-13-25(23,5)21(15-17)27-19-7-9-20(10-8-19)28-22-16-18-12-14-26(22,6)24(18,3)4/h7-10,17-18,21-22H,11-16H2,1-6H3. The lowest BCUT2D eigenvalue weighted by Gasteiger charge is -2.39. The summed E-state index contributed by atoms with van der Waals surface area (Å²) in [7, 11) is 0. The molecule has 154 valence electrons. The smallest absolute Gasteiger partial charge is 0.120 e. The Labute approximate surface area is 171 Å². The third kappa shape index (κ3) is 2.27. The molecule has 0 amide bonds. The zero-order valence-corrected chi connectivity index (χ0v) is 18.7. The van der Waals surface area contributed by atoms with Crippen LogP contribution >= 0.6 is 0 Å². The van der Waals surface area contributed by atoms with E-state index in [9.17, 15) is 0 Å². The first-order chi connectivity index (χ1) is 13.1. The Hall–Kier alpha value is -1.18. The van der Waals surface area contributed by atoms with Gasteiger partial charge in [0.05, 0.1) is 0 Å². The molecule has 0 spiro atoms. The third-order valence-electron chi connectivity index (χ3n) is 10.8. The van der Waals surface area contributed by atoms with E-state index >= 15 is 0 Å². The number of benzene rings is 1. The van der Waals surface area contributed by atoms with Gasteiger partial charge in [-0.25, -0.2) is 0 Å². The fourth-order valence-electron chi connectivity index (χ4n) is 7.54. The Morgan fingerprint density at radius 1 is 0.643 bits per heavy atom. The minimum atomic E-state index is 0.302. The molecule has 0 aliphatic heterocycles. The molecule has 1 aromatic carbocycles. The molecule has 2 nitrogen and oxygen atoms in total. The lowest BCUT2D eigenvalue weighted by atomic mass is 9.70. The molecule has 2 heteroatoms. The quantitative estimate of drug-likeness (QED) is 0.565. The maximum Gasteiger partial charge on any atom is 0.120 e. The van der Waals surface area contributed by atoms with Gasteiger partial charge < -0.3 is 9.47 Å². The Balaban J connectivity index is 1.27. The van der Waals surface area contributed by atoms with E-state index < -0.39 is 0 Å². The summed E-state index contributed by atoms with van der Waals surface area (Å²) in [6.07, 6.45) is 8.44. The van der Waals surface area contributed by atoms with Crippen molar-refractivity contribution in [2.75, 3.05) is 0 Å². The van der Waals surface area contributed by atoms with Gasteiger partial charge in [0, 0.05) is 10.8 Å². The Bertz CT molecular complexity index is 698. The van der Waals surface area contributed by atoms with Crippen LogP contribution < -0.4 is 9.47 Å². The van der Waals surface area contributed by atoms with E-state index in [4.69, 9.17) is 9.47 Å². The van der Waals surface area contributed by atoms with Gasteiger partial charge in [-0.1, -0.05) is 41.5 Å². The van der Waals surface area contributed by atoms with E-state index in [1.165, 1.54) is 38.5 Å². The normalized spacial score (nSPS) is 44.8. The Kier molecular flexibility index (Phi) is 3.83. The van der Waals surface area contributed by atoms with Gasteiger partial charge in [-0.05, 0) is 85.5 Å². The number of fused-ring (bicyclic) bond motifs is 4. The van der Waals surface area contributed by atoms with E-state index in [0.29, 0.717) is 33.9 Å². The van der Waals surface area contributed by atoms with Crippen LogP contribution in [-0.4, -0.2) is 12.2 Å². The van der Waals surface area contributed by atoms with Crippen molar-refractivity contribution in [1.29, 1.82) is 0 Å². The van der Waals surface area contributed by atoms with Crippen molar-refractivity contribution < 1.29 is 9.47 Å². The first kappa shape index (κ1) is 18.8. The van der Waals surface area contributed by atoms with Crippen LogP contribution in [0.4, 0.5) is 0 Å². The van der Waals surface area contributed by atoms with E-state index in [1.807, 2.05) is 0 Å². The molecule has 0 N–H and O–H groups in total. The lowest BCUT2D eigenvalue weighted by Crippen LogP contribution is -2.39. The van der Waals surface area contributed by atoms with Crippen LogP contribution in [0.15, 0.2) is 24.3 Å². The molecule has 4 saturated carbocycles. The summed E-state index contributed by atoms with van der Waals surface area (Å²) in [4.78, 5) is 0. The second-order valence-corrected chi connectivity index (χ2v) is 11.9. The van der Waals surface area contributed by atoms with Gasteiger partial charge in [0.25, 0.3) is 0 Å². The molecule has 4 aliphatic carbocycles. The summed E-state index contributed by atoms with van der Waals surface area (Å²) in [6.45, 7) is 14.7. The fraction of sp³-hybridized carbons (Fsp3) is 0.769. The molecule has 0 heterocycles. The monoisotopic (exact) mass is 382 g/mol. The molecule has 4 bridgehead atoms. The van der Waals surface area contributed by atoms with Gasteiger partial charge in [0.1, 0.15) is 23.7 Å². The van der Waals surface area contributed by atoms with Gasteiger partial charge in [-0.3, -0.25) is 0 Å². The van der Waals surface area contributed by atoms with Gasteiger partial charge >= 0.3 is 0 Å². The highest BCUT2D eigenvalue weighted by Gasteiger charge is 2.63. The van der Waals surface area contributed by atoms with Gasteiger partial charge in [-0.2, -0.15) is 0 Å². The lowest BCUT2D eigenvalue weighted by molar-refractivity contribution is 0.0278. The minimum Gasteiger partial charge on any atom is -0.490 e. The van der Waals surface area contributed by atoms with Crippen molar-refractivity contribution in [2.45, 2.75) is 92.3 Å². The van der Waals surface area contributed by atoms with Crippen LogP contribution in [0.2, 0.25) is 0 Å². The maximum atomic E-state index is 6.52. The van der Waals surface area contributed by atoms with Crippen LogP contribution in [0, 0.1) is 33.5 Å². The average Bonchev–Trinajstić information content (AvgIpc) is 3.15. The Morgan fingerprint density at radius 3 is 1.25 bits per heavy atom. The van der Waals surface area contributed by atoms with Gasteiger partial charge in [-0.15, -0.1) is 0 Å². The second kappa shape index (κ2) is 5.70. The van der Waals surface area contributed by atoms with Gasteiger partial charge in [0.15, 0.2) is 0 Å². The molecule has 0 radical (unpaired) electrons. The zero-order chi connectivity index (χ0) is 19.9. The first-order valence-electron chi connectivity index (χ1n) is 11.5. The van der Waals surface area contributed by atoms with E-state index in [1.54, 1.807) is 0 Å². The van der Waals surface area contributed by atoms with Gasteiger partial charge in [0.2, 0.25) is 0 Å². The van der Waals surface area contributed by atoms with Crippen molar-refractivity contribution in [1.82, 2.24) is 0 Å². The van der Waals surface area contributed by atoms with Crippen molar-refractivity contribution >= 4 is 0 Å². The number of hydrogen-bond acceptors (Lipinski definition) is 2. The summed E-state index contributed by atoms with van der Waals surface area (Å²) in [5.41, 5.74) is 1.39. The SMILES string of the molecule is CC1(C)C2CCC1(C)C(Oc1ccc(OC3CC4CCC3(C)C4(C)C)cc1)C2. The van der Waals surface area contributed by atoms with Crippen LogP contribution in [0.1, 0.15) is 80.1 Å². The average molecular weight is 383 g/mol. The van der Waals surface area contributed by atoms with E-state index in [2.05, 4.69) is 65.8 Å². The highest BCUT2D eigenvalue weighted by atomic mass is 16.5. The van der Waals surface area contributed by atoms with Crippen molar-refractivity contribution in [3.05, 3.63) is 24.3 Å². The number of rotatable bonds is 4. The summed E-state index contributed by atoms with van der Waals surface area (Å²) in [6, 6.07) is 8.49. The summed E-state index contributed by atoms with van der Waals surface area (Å²) < 4.78 is 13.0. The van der Waals surface area contributed by atoms with Crippen LogP contribution in [-0.2, 0) is 0 Å². The second-order valence-electron chi connectivity index (χ2n) is 11.9. The number of ether oxygens (including phenoxy) is 2. The molecule has 1 aromatic rings. The summed E-state index contributed by atoms with van der Waals surface area (Å²) >= 11 is 0. The predicted octanol–water partition coefficient (Wildman–Crippen LogP) is 6.87. The van der Waals surface area contributed by atoms with E-state index in [0.717, 1.165) is 23.3 Å². The minimum absolute atomic E-state index is 0.302. The zero-order valence-electron chi connectivity index (χ0n) is 18.7. The fourth-order valence-corrected chi connectivity index (χ4v) is 7.54. The van der Waals surface area contributed by atoms with E-state index in [-0.39, 0.29) is 0 Å². The maximum absolute atomic E-state index is 6.52. The topological polar surface area (TPSA) is 18.5 Å². The molecule has 4 aliphatic rings. The molecule has 0 saturated heterocycles. The van der Waals surface area contributed by atoms with Crippen LogP contribution in [0.5, 0.6) is 11.5 Å². The third-order valence-corrected chi connectivity index (χ3v) is 10.8. The molecule has 6 atom stereocenters. The molecule has 4 fully saturated rings. The van der Waals surface area contributed by atoms with Crippen LogP contribution in [0.25, 0.3) is 0 Å². The molecule has 28 heavy (non-hydrogen) atoms. The molecule has 0 aromatic heterocycles. The number of hydrogen-bond donors (Lipinski definition) is 0. The summed E-state index contributed by atoms with van der Waals surface area (Å²) in [5.74, 6) is 3.63. The highest BCUT2D eigenvalue weighted by molar-refractivity contribution is 5.32. The van der Waals surface area contributed by atoms with Crippen molar-refractivity contribution in [2.24, 2.45) is 33.5 Å². The van der Waals surface area contributed by atoms with Crippen LogP contribution in [0.3, 0.4) is 0 Å². The van der Waals surface area contributed by atoms with Crippen molar-refractivity contribution in [3.63, 3.8) is 0 Å². The molecular formula is C26H38O2. The largest absolute Gasteiger partial charge is 0.490 e. The predicted molar refractivity (Wildman–Crippen MR) is 114 cm³/mol. The molecular weight excluding hydrogens is 344 g/mol. The highest BCUT2D eigenvalue weighted by Crippen LogP contribution is 2.67. The molecule has 6 unspecified atom stereocenters. The Morgan fingerprint density at radius 2 is 1.00 bits per heavy atom. The first-order valence-corrected chi connectivity index (χ1v) is 11.5. The van der Waals surface area contributed by atoms with Crippen molar-refractivity contribution in [3.8, 4) is 11.5 Å². The molecule has 5 rings (SSSR count).